The Morgan fingerprint density at radius 3 is 2.61 bits per heavy atom. The lowest BCUT2D eigenvalue weighted by atomic mass is 10.1. The van der Waals surface area contributed by atoms with Gasteiger partial charge in [0.25, 0.3) is 0 Å². The largest absolute Gasteiger partial charge is 0.298 e. The summed E-state index contributed by atoms with van der Waals surface area (Å²) in [7, 11) is 0. The zero-order valence-electron chi connectivity index (χ0n) is 10.0. The first-order valence-corrected chi connectivity index (χ1v) is 5.52. The summed E-state index contributed by atoms with van der Waals surface area (Å²) in [5.41, 5.74) is 0.642. The fourth-order valence-electron chi connectivity index (χ4n) is 1.65. The topological polar surface area (TPSA) is 34.9 Å². The van der Waals surface area contributed by atoms with E-state index in [-0.39, 0.29) is 22.9 Å². The molecule has 3 nitrogen and oxygen atoms in total. The third-order valence-corrected chi connectivity index (χ3v) is 2.60. The van der Waals surface area contributed by atoms with E-state index in [0.717, 1.165) is 12.1 Å². The van der Waals surface area contributed by atoms with Crippen molar-refractivity contribution in [3.05, 3.63) is 41.6 Å². The standard InChI is InChI=1S/C13H12F2N2O/c1-8(2)17-6-9(7-18)13(16-17)11-4-3-10(14)5-12(11)15/h3-8H,1-2H3. The first-order valence-electron chi connectivity index (χ1n) is 5.52. The van der Waals surface area contributed by atoms with Crippen LogP contribution >= 0.6 is 0 Å². The molecule has 0 aliphatic rings. The van der Waals surface area contributed by atoms with Gasteiger partial charge in [0.05, 0.1) is 5.56 Å². The van der Waals surface area contributed by atoms with E-state index in [1.165, 1.54) is 6.07 Å². The van der Waals surface area contributed by atoms with Gasteiger partial charge in [0.15, 0.2) is 6.29 Å². The highest BCUT2D eigenvalue weighted by molar-refractivity contribution is 5.85. The van der Waals surface area contributed by atoms with Gasteiger partial charge in [0.2, 0.25) is 0 Å². The molecule has 5 heteroatoms. The van der Waals surface area contributed by atoms with Gasteiger partial charge in [-0.1, -0.05) is 0 Å². The van der Waals surface area contributed by atoms with Crippen LogP contribution in [0.3, 0.4) is 0 Å². The van der Waals surface area contributed by atoms with Crippen LogP contribution in [0.2, 0.25) is 0 Å². The van der Waals surface area contributed by atoms with Crippen LogP contribution in [-0.4, -0.2) is 16.1 Å². The molecule has 0 fully saturated rings. The monoisotopic (exact) mass is 250 g/mol. The van der Waals surface area contributed by atoms with Crippen LogP contribution in [-0.2, 0) is 0 Å². The van der Waals surface area contributed by atoms with E-state index in [1.807, 2.05) is 13.8 Å². The number of hydrogen-bond acceptors (Lipinski definition) is 2. The van der Waals surface area contributed by atoms with Crippen molar-refractivity contribution in [3.8, 4) is 11.3 Å². The van der Waals surface area contributed by atoms with Crippen molar-refractivity contribution >= 4 is 6.29 Å². The second-order valence-corrected chi connectivity index (χ2v) is 4.25. The summed E-state index contributed by atoms with van der Waals surface area (Å²) < 4.78 is 28.1. The number of carbonyl (C=O) groups is 1. The van der Waals surface area contributed by atoms with Crippen molar-refractivity contribution in [1.29, 1.82) is 0 Å². The average molecular weight is 250 g/mol. The number of carbonyl (C=O) groups excluding carboxylic acids is 1. The van der Waals surface area contributed by atoms with Gasteiger partial charge >= 0.3 is 0 Å². The van der Waals surface area contributed by atoms with Gasteiger partial charge < -0.3 is 0 Å². The third-order valence-electron chi connectivity index (χ3n) is 2.60. The van der Waals surface area contributed by atoms with Crippen LogP contribution < -0.4 is 0 Å². The van der Waals surface area contributed by atoms with Crippen molar-refractivity contribution in [2.45, 2.75) is 19.9 Å². The Morgan fingerprint density at radius 1 is 1.33 bits per heavy atom. The molecule has 2 rings (SSSR count). The summed E-state index contributed by atoms with van der Waals surface area (Å²) in [4.78, 5) is 11.0. The molecule has 0 unspecified atom stereocenters. The van der Waals surface area contributed by atoms with Crippen LogP contribution in [0.4, 0.5) is 8.78 Å². The molecule has 0 atom stereocenters. The van der Waals surface area contributed by atoms with E-state index in [4.69, 9.17) is 0 Å². The predicted molar refractivity (Wildman–Crippen MR) is 63.4 cm³/mol. The van der Waals surface area contributed by atoms with Crippen LogP contribution in [0.1, 0.15) is 30.2 Å². The molecule has 0 aliphatic heterocycles. The zero-order valence-corrected chi connectivity index (χ0v) is 10.0. The lowest BCUT2D eigenvalue weighted by molar-refractivity contribution is 0.112. The van der Waals surface area contributed by atoms with Crippen LogP contribution in [0.25, 0.3) is 11.3 Å². The summed E-state index contributed by atoms with van der Waals surface area (Å²) in [5, 5.41) is 4.16. The maximum Gasteiger partial charge on any atom is 0.153 e. The fourth-order valence-corrected chi connectivity index (χ4v) is 1.65. The van der Waals surface area contributed by atoms with Crippen molar-refractivity contribution in [3.63, 3.8) is 0 Å². The molecule has 0 saturated carbocycles. The minimum atomic E-state index is -0.730. The van der Waals surface area contributed by atoms with Gasteiger partial charge in [0, 0.05) is 23.9 Å². The lowest BCUT2D eigenvalue weighted by Gasteiger charge is -2.04. The molecule has 1 aromatic heterocycles. The van der Waals surface area contributed by atoms with E-state index >= 15 is 0 Å². The predicted octanol–water partition coefficient (Wildman–Crippen LogP) is 3.22. The van der Waals surface area contributed by atoms with Crippen molar-refractivity contribution < 1.29 is 13.6 Å². The highest BCUT2D eigenvalue weighted by atomic mass is 19.1. The summed E-state index contributed by atoms with van der Waals surface area (Å²) in [6.45, 7) is 3.79. The third kappa shape index (κ3) is 2.16. The zero-order chi connectivity index (χ0) is 13.3. The van der Waals surface area contributed by atoms with E-state index in [0.29, 0.717) is 6.29 Å². The van der Waals surface area contributed by atoms with Crippen molar-refractivity contribution in [1.82, 2.24) is 9.78 Å². The molecule has 0 amide bonds. The number of halogens is 2. The molecule has 0 spiro atoms. The Hall–Kier alpha value is -2.04. The molecule has 0 saturated heterocycles. The van der Waals surface area contributed by atoms with Gasteiger partial charge in [-0.25, -0.2) is 8.78 Å². The summed E-state index contributed by atoms with van der Waals surface area (Å²) in [5.74, 6) is -1.39. The highest BCUT2D eigenvalue weighted by Crippen LogP contribution is 2.25. The number of aldehydes is 1. The van der Waals surface area contributed by atoms with Gasteiger partial charge in [-0.2, -0.15) is 5.10 Å². The minimum Gasteiger partial charge on any atom is -0.298 e. The highest BCUT2D eigenvalue weighted by Gasteiger charge is 2.16. The first kappa shape index (κ1) is 12.4. The Morgan fingerprint density at radius 2 is 2.06 bits per heavy atom. The van der Waals surface area contributed by atoms with Gasteiger partial charge in [-0.05, 0) is 26.0 Å². The quantitative estimate of drug-likeness (QED) is 0.784. The molecule has 1 aromatic carbocycles. The average Bonchev–Trinajstić information content (AvgIpc) is 2.73. The number of nitrogens with zero attached hydrogens (tertiary/aromatic N) is 2. The van der Waals surface area contributed by atoms with Crippen LogP contribution in [0.15, 0.2) is 24.4 Å². The molecule has 0 bridgehead atoms. The van der Waals surface area contributed by atoms with E-state index in [2.05, 4.69) is 5.10 Å². The molecule has 0 radical (unpaired) electrons. The SMILES string of the molecule is CC(C)n1cc(C=O)c(-c2ccc(F)cc2F)n1. The second-order valence-electron chi connectivity index (χ2n) is 4.25. The number of aromatic nitrogens is 2. The molecule has 18 heavy (non-hydrogen) atoms. The maximum atomic E-state index is 13.7. The first-order chi connectivity index (χ1) is 8.52. The van der Waals surface area contributed by atoms with Gasteiger partial charge in [-0.3, -0.25) is 9.48 Å². The normalized spacial score (nSPS) is 10.9. The molecule has 0 aliphatic carbocycles. The van der Waals surface area contributed by atoms with Crippen molar-refractivity contribution in [2.24, 2.45) is 0 Å². The minimum absolute atomic E-state index is 0.0564. The molecule has 0 N–H and O–H groups in total. The lowest BCUT2D eigenvalue weighted by Crippen LogP contribution is -2.01. The second kappa shape index (κ2) is 4.68. The maximum absolute atomic E-state index is 13.7. The number of hydrogen-bond donors (Lipinski definition) is 0. The molecule has 2 aromatic rings. The Kier molecular flexibility index (Phi) is 3.23. The van der Waals surface area contributed by atoms with Crippen LogP contribution in [0, 0.1) is 11.6 Å². The van der Waals surface area contributed by atoms with Gasteiger partial charge in [-0.15, -0.1) is 0 Å². The number of rotatable bonds is 3. The fraction of sp³-hybridized carbons (Fsp3) is 0.231. The van der Waals surface area contributed by atoms with E-state index in [1.54, 1.807) is 10.9 Å². The Labute approximate surface area is 103 Å². The van der Waals surface area contributed by atoms with Crippen molar-refractivity contribution in [2.75, 3.05) is 0 Å². The molecular weight excluding hydrogens is 238 g/mol. The van der Waals surface area contributed by atoms with E-state index in [9.17, 15) is 13.6 Å². The van der Waals surface area contributed by atoms with Gasteiger partial charge in [0.1, 0.15) is 17.3 Å². The Bertz CT molecular complexity index is 591. The number of benzene rings is 1. The molecule has 94 valence electrons. The summed E-state index contributed by atoms with van der Waals surface area (Å²) in [6, 6.07) is 3.26. The van der Waals surface area contributed by atoms with Crippen LogP contribution in [0.5, 0.6) is 0 Å². The smallest absolute Gasteiger partial charge is 0.153 e. The molecule has 1 heterocycles. The van der Waals surface area contributed by atoms with E-state index < -0.39 is 11.6 Å². The summed E-state index contributed by atoms with van der Waals surface area (Å²) >= 11 is 0. The summed E-state index contributed by atoms with van der Waals surface area (Å²) in [6.07, 6.45) is 2.17. The Balaban J connectivity index is 2.59. The molecular formula is C13H12F2N2O.